The number of sulfone groups is 1. The Morgan fingerprint density at radius 2 is 2.31 bits per heavy atom. The predicted molar refractivity (Wildman–Crippen MR) is 52.1 cm³/mol. The van der Waals surface area contributed by atoms with Crippen LogP contribution >= 0.6 is 11.8 Å². The van der Waals surface area contributed by atoms with Crippen molar-refractivity contribution < 1.29 is 8.42 Å². The zero-order valence-corrected chi connectivity index (χ0v) is 8.65. The molecule has 1 rings (SSSR count). The Hall–Kier alpha value is -0.740. The first kappa shape index (κ1) is 10.3. The maximum absolute atomic E-state index is 10.8. The van der Waals surface area contributed by atoms with Gasteiger partial charge in [-0.2, -0.15) is 5.26 Å². The highest BCUT2D eigenvalue weighted by atomic mass is 32.2. The minimum atomic E-state index is -2.83. The van der Waals surface area contributed by atoms with Gasteiger partial charge in [0.1, 0.15) is 0 Å². The number of aliphatic imine (C=N–C) groups is 1. The number of nitrogens with one attached hydrogen (secondary N) is 1. The van der Waals surface area contributed by atoms with Crippen molar-refractivity contribution in [3.63, 3.8) is 0 Å². The lowest BCUT2D eigenvalue weighted by Crippen LogP contribution is -2.41. The Morgan fingerprint density at radius 3 is 2.69 bits per heavy atom. The van der Waals surface area contributed by atoms with Crippen molar-refractivity contribution in [1.29, 1.82) is 5.26 Å². The Balaban J connectivity index is 2.52. The fourth-order valence-corrected chi connectivity index (χ4v) is 2.59. The highest BCUT2D eigenvalue weighted by Crippen LogP contribution is 2.15. The molecule has 1 fully saturated rings. The van der Waals surface area contributed by atoms with Gasteiger partial charge in [-0.3, -0.25) is 10.3 Å². The summed E-state index contributed by atoms with van der Waals surface area (Å²) < 4.78 is 21.5. The lowest BCUT2D eigenvalue weighted by Gasteiger charge is -2.22. The smallest absolute Gasteiger partial charge is 0.183 e. The minimum Gasteiger partial charge on any atom is -0.272 e. The molecule has 1 aliphatic rings. The molecule has 1 heterocycles. The van der Waals surface area contributed by atoms with Crippen molar-refractivity contribution in [2.75, 3.05) is 17.8 Å². The van der Waals surface area contributed by atoms with E-state index in [1.165, 1.54) is 11.8 Å². The second kappa shape index (κ2) is 3.98. The van der Waals surface area contributed by atoms with Crippen LogP contribution in [0.25, 0.3) is 0 Å². The fraction of sp³-hybridized carbons (Fsp3) is 0.667. The average molecular weight is 219 g/mol. The van der Waals surface area contributed by atoms with Gasteiger partial charge in [-0.1, -0.05) is 11.8 Å². The van der Waals surface area contributed by atoms with E-state index in [9.17, 15) is 8.42 Å². The second-order valence-electron chi connectivity index (χ2n) is 2.61. The first-order valence-corrected chi connectivity index (χ1v) is 6.59. The number of hydrogen-bond acceptors (Lipinski definition) is 5. The summed E-state index contributed by atoms with van der Waals surface area (Å²) in [6, 6.07) is -0.173. The largest absolute Gasteiger partial charge is 0.272 e. The van der Waals surface area contributed by atoms with E-state index in [0.29, 0.717) is 5.17 Å². The Labute approximate surface area is 81.1 Å². The van der Waals surface area contributed by atoms with Crippen LogP contribution in [0.5, 0.6) is 0 Å². The van der Waals surface area contributed by atoms with E-state index >= 15 is 0 Å². The lowest BCUT2D eigenvalue weighted by molar-refractivity contribution is 0.564. The second-order valence-corrected chi connectivity index (χ2v) is 5.55. The maximum Gasteiger partial charge on any atom is 0.183 e. The third-order valence-electron chi connectivity index (χ3n) is 1.55. The summed E-state index contributed by atoms with van der Waals surface area (Å²) in [7, 11) is -2.83. The molecule has 0 radical (unpaired) electrons. The third-order valence-corrected chi connectivity index (χ3v) is 3.93. The summed E-state index contributed by atoms with van der Waals surface area (Å²) in [5.41, 5.74) is 0. The van der Waals surface area contributed by atoms with Crippen molar-refractivity contribution >= 4 is 26.8 Å². The lowest BCUT2D eigenvalue weighted by atomic mass is 10.4. The van der Waals surface area contributed by atoms with E-state index in [0.717, 1.165) is 0 Å². The van der Waals surface area contributed by atoms with E-state index in [-0.39, 0.29) is 17.5 Å². The number of thioether (sulfide) groups is 1. The average Bonchev–Trinajstić information content (AvgIpc) is 2.00. The molecule has 0 atom stereocenters. The molecule has 0 unspecified atom stereocenters. The zero-order valence-electron chi connectivity index (χ0n) is 7.02. The quantitative estimate of drug-likeness (QED) is 0.280. The van der Waals surface area contributed by atoms with Gasteiger partial charge >= 0.3 is 0 Å². The Kier molecular flexibility index (Phi) is 3.17. The van der Waals surface area contributed by atoms with E-state index in [4.69, 9.17) is 5.26 Å². The Morgan fingerprint density at radius 1 is 1.69 bits per heavy atom. The van der Waals surface area contributed by atoms with Gasteiger partial charge < -0.3 is 0 Å². The van der Waals surface area contributed by atoms with Crippen LogP contribution in [-0.2, 0) is 9.84 Å². The molecule has 0 aromatic rings. The highest BCUT2D eigenvalue weighted by molar-refractivity contribution is 8.13. The van der Waals surface area contributed by atoms with Gasteiger partial charge in [-0.15, -0.1) is 0 Å². The van der Waals surface area contributed by atoms with Crippen molar-refractivity contribution in [1.82, 2.24) is 5.32 Å². The molecule has 0 amide bonds. The summed E-state index contributed by atoms with van der Waals surface area (Å²) in [5.74, 6) is 0.203. The first-order valence-electron chi connectivity index (χ1n) is 3.54. The van der Waals surface area contributed by atoms with Crippen LogP contribution in [0.2, 0.25) is 0 Å². The van der Waals surface area contributed by atoms with Gasteiger partial charge in [-0.05, 0) is 6.26 Å². The molecule has 1 saturated heterocycles. The highest BCUT2D eigenvalue weighted by Gasteiger charge is 2.33. The fourth-order valence-electron chi connectivity index (χ4n) is 0.962. The third kappa shape index (κ3) is 2.90. The van der Waals surface area contributed by atoms with Crippen LogP contribution in [-0.4, -0.2) is 37.4 Å². The molecular formula is C6H9N3O2S2. The van der Waals surface area contributed by atoms with Gasteiger partial charge in [0.25, 0.3) is 0 Å². The number of nitriles is 1. The van der Waals surface area contributed by atoms with Gasteiger partial charge in [0.15, 0.2) is 21.2 Å². The minimum absolute atomic E-state index is 0.101. The summed E-state index contributed by atoms with van der Waals surface area (Å²) in [5, 5.41) is 11.2. The van der Waals surface area contributed by atoms with Crippen LogP contribution in [0.4, 0.5) is 0 Å². The number of nitrogens with zero attached hydrogens (tertiary/aromatic N) is 2. The predicted octanol–water partition coefficient (Wildman–Crippen LogP) is -0.427. The van der Waals surface area contributed by atoms with Crippen LogP contribution in [0.1, 0.15) is 0 Å². The van der Waals surface area contributed by atoms with E-state index in [1.807, 2.05) is 0 Å². The molecular weight excluding hydrogens is 210 g/mol. The standard InChI is InChI=1S/C6H9N3O2S2/c1-12-6(8-4-7)9-5-2-13(10,11)3-5/h5H,2-3H2,1H3,(H,8,9). The summed E-state index contributed by atoms with van der Waals surface area (Å²) in [6.07, 6.45) is 3.52. The SMILES string of the molecule is CSC(=NC1CS(=O)(=O)C1)NC#N. The van der Waals surface area contributed by atoms with Gasteiger partial charge in [-0.25, -0.2) is 8.42 Å². The van der Waals surface area contributed by atoms with Gasteiger partial charge in [0.05, 0.1) is 17.5 Å². The van der Waals surface area contributed by atoms with Crippen molar-refractivity contribution in [3.05, 3.63) is 0 Å². The number of rotatable bonds is 1. The van der Waals surface area contributed by atoms with Crippen molar-refractivity contribution in [3.8, 4) is 6.19 Å². The van der Waals surface area contributed by atoms with Crippen molar-refractivity contribution in [2.45, 2.75) is 6.04 Å². The number of amidine groups is 1. The van der Waals surface area contributed by atoms with E-state index in [2.05, 4.69) is 10.3 Å². The number of hydrogen-bond donors (Lipinski definition) is 1. The van der Waals surface area contributed by atoms with Crippen LogP contribution in [0, 0.1) is 11.5 Å². The molecule has 0 bridgehead atoms. The van der Waals surface area contributed by atoms with Crippen LogP contribution < -0.4 is 5.32 Å². The van der Waals surface area contributed by atoms with Crippen molar-refractivity contribution in [2.24, 2.45) is 4.99 Å². The molecule has 0 aliphatic carbocycles. The van der Waals surface area contributed by atoms with Crippen LogP contribution in [0.3, 0.4) is 0 Å². The maximum atomic E-state index is 10.8. The molecule has 0 aromatic carbocycles. The summed E-state index contributed by atoms with van der Waals surface area (Å²) in [4.78, 5) is 4.05. The monoisotopic (exact) mass is 219 g/mol. The molecule has 1 aliphatic heterocycles. The molecule has 1 N–H and O–H groups in total. The topological polar surface area (TPSA) is 82.3 Å². The molecule has 0 aromatic heterocycles. The normalized spacial score (nSPS) is 21.7. The first-order chi connectivity index (χ1) is 6.07. The Bertz CT molecular complexity index is 343. The molecule has 5 nitrogen and oxygen atoms in total. The molecule has 7 heteroatoms. The summed E-state index contributed by atoms with van der Waals surface area (Å²) in [6.45, 7) is 0. The molecule has 13 heavy (non-hydrogen) atoms. The zero-order chi connectivity index (χ0) is 9.90. The van der Waals surface area contributed by atoms with E-state index < -0.39 is 9.84 Å². The van der Waals surface area contributed by atoms with E-state index in [1.54, 1.807) is 12.4 Å². The van der Waals surface area contributed by atoms with Gasteiger partial charge in [0.2, 0.25) is 0 Å². The summed E-state index contributed by atoms with van der Waals surface area (Å²) >= 11 is 1.29. The van der Waals surface area contributed by atoms with Gasteiger partial charge in [0, 0.05) is 0 Å². The molecule has 72 valence electrons. The van der Waals surface area contributed by atoms with Crippen LogP contribution in [0.15, 0.2) is 4.99 Å². The molecule has 0 saturated carbocycles. The molecule has 0 spiro atoms.